The van der Waals surface area contributed by atoms with Gasteiger partial charge in [0.15, 0.2) is 11.5 Å². The van der Waals surface area contributed by atoms with Gasteiger partial charge in [0.2, 0.25) is 0 Å². The first-order chi connectivity index (χ1) is 18.7. The number of phenolic OH excluding ortho intramolecular Hbond substituents is 1. The molecule has 0 spiro atoms. The Balaban J connectivity index is 1.81. The highest BCUT2D eigenvalue weighted by atomic mass is 16.5. The van der Waals surface area contributed by atoms with Crippen LogP contribution in [-0.4, -0.2) is 19.3 Å². The highest BCUT2D eigenvalue weighted by Gasteiger charge is 2.10. The molecule has 0 aliphatic heterocycles. The largest absolute Gasteiger partial charge is 0.504 e. The van der Waals surface area contributed by atoms with Gasteiger partial charge in [-0.25, -0.2) is 0 Å². The smallest absolute Gasteiger partial charge is 0.164 e. The van der Waals surface area contributed by atoms with E-state index in [1.54, 1.807) is 20.3 Å². The lowest BCUT2D eigenvalue weighted by atomic mass is 10.0. The maximum atomic E-state index is 10.3. The van der Waals surface area contributed by atoms with Gasteiger partial charge in [0.25, 0.3) is 0 Å². The first kappa shape index (κ1) is 34.4. The number of rotatable bonds is 27. The second kappa shape index (κ2) is 25.6. The van der Waals surface area contributed by atoms with Crippen LogP contribution in [0.4, 0.5) is 0 Å². The summed E-state index contributed by atoms with van der Waals surface area (Å²) < 4.78 is 10.6. The van der Waals surface area contributed by atoms with Crippen LogP contribution < -0.4 is 9.47 Å². The monoisotopic (exact) mass is 530 g/mol. The van der Waals surface area contributed by atoms with Crippen LogP contribution in [0.25, 0.3) is 0 Å². The van der Waals surface area contributed by atoms with Crippen molar-refractivity contribution >= 4 is 0 Å². The van der Waals surface area contributed by atoms with E-state index in [0.717, 1.165) is 24.2 Å². The molecule has 1 aromatic carbocycles. The zero-order valence-electron chi connectivity index (χ0n) is 25.5. The van der Waals surface area contributed by atoms with Gasteiger partial charge in [-0.3, -0.25) is 0 Å². The molecule has 0 aliphatic carbocycles. The molecule has 1 aromatic rings. The third kappa shape index (κ3) is 18.6. The third-order valence-corrected chi connectivity index (χ3v) is 7.79. The molecule has 1 rings (SSSR count). The Morgan fingerprint density at radius 2 is 0.974 bits per heavy atom. The topological polar surface area (TPSA) is 38.7 Å². The van der Waals surface area contributed by atoms with E-state index in [9.17, 15) is 5.11 Å². The van der Waals surface area contributed by atoms with Gasteiger partial charge in [0, 0.05) is 11.6 Å². The number of hydrogen-bond acceptors (Lipinski definition) is 3. The number of benzene rings is 1. The number of aromatic hydroxyl groups is 1. The highest BCUT2D eigenvalue weighted by Crippen LogP contribution is 2.35. The Morgan fingerprint density at radius 3 is 1.39 bits per heavy atom. The average Bonchev–Trinajstić information content (AvgIpc) is 2.93. The van der Waals surface area contributed by atoms with Crippen LogP contribution in [-0.2, 0) is 6.42 Å². The summed E-state index contributed by atoms with van der Waals surface area (Å²) in [6.45, 7) is 2.29. The van der Waals surface area contributed by atoms with Gasteiger partial charge in [-0.05, 0) is 44.6 Å². The molecule has 220 valence electrons. The van der Waals surface area contributed by atoms with Gasteiger partial charge in [-0.15, -0.1) is 0 Å². The van der Waals surface area contributed by atoms with E-state index >= 15 is 0 Å². The quantitative estimate of drug-likeness (QED) is 0.0907. The summed E-state index contributed by atoms with van der Waals surface area (Å²) in [4.78, 5) is 0. The van der Waals surface area contributed by atoms with Gasteiger partial charge in [-0.1, -0.05) is 135 Å². The zero-order chi connectivity index (χ0) is 27.5. The van der Waals surface area contributed by atoms with Crippen molar-refractivity contribution in [2.24, 2.45) is 0 Å². The lowest BCUT2D eigenvalue weighted by Gasteiger charge is -2.11. The predicted molar refractivity (Wildman–Crippen MR) is 166 cm³/mol. The van der Waals surface area contributed by atoms with Crippen molar-refractivity contribution < 1.29 is 14.6 Å². The predicted octanol–water partition coefficient (Wildman–Crippen LogP) is 11.5. The van der Waals surface area contributed by atoms with Crippen molar-refractivity contribution in [3.05, 3.63) is 29.8 Å². The molecule has 0 saturated carbocycles. The lowest BCUT2D eigenvalue weighted by molar-refractivity contribution is 0.360. The second-order valence-corrected chi connectivity index (χ2v) is 11.2. The van der Waals surface area contributed by atoms with Gasteiger partial charge in [0.1, 0.15) is 5.75 Å². The number of unbranched alkanes of at least 4 members (excludes halogenated alkanes) is 21. The molecule has 1 N–H and O–H groups in total. The number of methoxy groups -OCH3 is 2. The number of aryl methyl sites for hydroxylation is 1. The summed E-state index contributed by atoms with van der Waals surface area (Å²) in [5.41, 5.74) is 0.924. The Morgan fingerprint density at radius 1 is 0.553 bits per heavy atom. The maximum Gasteiger partial charge on any atom is 0.164 e. The summed E-state index contributed by atoms with van der Waals surface area (Å²) in [6, 6.07) is 3.66. The summed E-state index contributed by atoms with van der Waals surface area (Å²) in [5.74, 6) is 1.50. The maximum absolute atomic E-state index is 10.3. The minimum absolute atomic E-state index is 0.259. The molecule has 0 radical (unpaired) electrons. The molecule has 0 bridgehead atoms. The Bertz CT molecular complexity index is 682. The zero-order valence-corrected chi connectivity index (χ0v) is 25.5. The molecule has 0 aromatic heterocycles. The van der Waals surface area contributed by atoms with E-state index in [-0.39, 0.29) is 5.75 Å². The van der Waals surface area contributed by atoms with Crippen molar-refractivity contribution in [2.45, 2.75) is 161 Å². The molecule has 0 heterocycles. The fourth-order valence-corrected chi connectivity index (χ4v) is 5.26. The minimum Gasteiger partial charge on any atom is -0.504 e. The molecule has 0 saturated heterocycles. The van der Waals surface area contributed by atoms with E-state index in [1.165, 1.54) is 141 Å². The molecule has 38 heavy (non-hydrogen) atoms. The van der Waals surface area contributed by atoms with E-state index in [4.69, 9.17) is 9.47 Å². The summed E-state index contributed by atoms with van der Waals surface area (Å²) in [7, 11) is 3.23. The third-order valence-electron chi connectivity index (χ3n) is 7.79. The highest BCUT2D eigenvalue weighted by molar-refractivity contribution is 5.50. The SMILES string of the molecule is CCCCCCCCC=CCCCCCCCCCCCCCCCCCc1cc(OC)cc(OC)c1O. The van der Waals surface area contributed by atoms with Gasteiger partial charge in [-0.2, -0.15) is 0 Å². The molecular formula is C35H62O3. The molecule has 3 nitrogen and oxygen atoms in total. The van der Waals surface area contributed by atoms with E-state index < -0.39 is 0 Å². The Kier molecular flexibility index (Phi) is 23.2. The summed E-state index contributed by atoms with van der Waals surface area (Å²) >= 11 is 0. The first-order valence-electron chi connectivity index (χ1n) is 16.3. The van der Waals surface area contributed by atoms with E-state index in [1.807, 2.05) is 6.07 Å². The fourth-order valence-electron chi connectivity index (χ4n) is 5.26. The minimum atomic E-state index is 0.259. The van der Waals surface area contributed by atoms with Gasteiger partial charge >= 0.3 is 0 Å². The van der Waals surface area contributed by atoms with Crippen LogP contribution in [0.15, 0.2) is 24.3 Å². The molecule has 0 aliphatic rings. The molecule has 0 amide bonds. The van der Waals surface area contributed by atoms with Crippen LogP contribution in [0.1, 0.15) is 160 Å². The molecule has 3 heteroatoms. The number of ether oxygens (including phenoxy) is 2. The lowest BCUT2D eigenvalue weighted by Crippen LogP contribution is -1.94. The number of allylic oxidation sites excluding steroid dienone is 2. The van der Waals surface area contributed by atoms with E-state index in [0.29, 0.717) is 5.75 Å². The molecule has 0 atom stereocenters. The second-order valence-electron chi connectivity index (χ2n) is 11.2. The molecule has 0 unspecified atom stereocenters. The normalized spacial score (nSPS) is 11.4. The Hall–Kier alpha value is -1.64. The Labute approximate surface area is 236 Å². The van der Waals surface area contributed by atoms with Crippen molar-refractivity contribution in [2.75, 3.05) is 14.2 Å². The standard InChI is InChI=1S/C35H62O3/c1-4-5-6-7-8-9-10-11-12-13-14-15-16-17-18-19-20-21-22-23-24-25-26-27-28-29-32-30-33(37-2)31-34(38-3)35(32)36/h11-12,30-31,36H,4-10,13-29H2,1-3H3. The van der Waals surface area contributed by atoms with Crippen LogP contribution in [0, 0.1) is 0 Å². The first-order valence-corrected chi connectivity index (χ1v) is 16.3. The van der Waals surface area contributed by atoms with Crippen LogP contribution in [0.3, 0.4) is 0 Å². The summed E-state index contributed by atoms with van der Waals surface area (Å²) in [5, 5.41) is 10.3. The van der Waals surface area contributed by atoms with Gasteiger partial charge < -0.3 is 14.6 Å². The van der Waals surface area contributed by atoms with Crippen LogP contribution in [0.2, 0.25) is 0 Å². The summed E-state index contributed by atoms with van der Waals surface area (Å²) in [6.07, 6.45) is 37.2. The fraction of sp³-hybridized carbons (Fsp3) is 0.771. The van der Waals surface area contributed by atoms with Gasteiger partial charge in [0.05, 0.1) is 14.2 Å². The average molecular weight is 531 g/mol. The van der Waals surface area contributed by atoms with Crippen molar-refractivity contribution in [1.82, 2.24) is 0 Å². The van der Waals surface area contributed by atoms with Crippen LogP contribution in [0.5, 0.6) is 17.2 Å². The molecule has 0 fully saturated rings. The van der Waals surface area contributed by atoms with E-state index in [2.05, 4.69) is 19.1 Å². The van der Waals surface area contributed by atoms with Crippen molar-refractivity contribution in [3.63, 3.8) is 0 Å². The number of hydrogen-bond donors (Lipinski definition) is 1. The van der Waals surface area contributed by atoms with Crippen LogP contribution >= 0.6 is 0 Å². The van der Waals surface area contributed by atoms with Crippen molar-refractivity contribution in [1.29, 1.82) is 0 Å². The number of phenols is 1. The van der Waals surface area contributed by atoms with Crippen molar-refractivity contribution in [3.8, 4) is 17.2 Å². The molecular weight excluding hydrogens is 468 g/mol.